The van der Waals surface area contributed by atoms with Gasteiger partial charge in [0.2, 0.25) is 0 Å². The molecule has 0 radical (unpaired) electrons. The van der Waals surface area contributed by atoms with Crippen molar-refractivity contribution in [3.63, 3.8) is 0 Å². The van der Waals surface area contributed by atoms with Crippen LogP contribution in [0.1, 0.15) is 11.3 Å². The lowest BCUT2D eigenvalue weighted by Crippen LogP contribution is -3.15. The van der Waals surface area contributed by atoms with E-state index in [0.29, 0.717) is 0 Å². The van der Waals surface area contributed by atoms with Crippen LogP contribution in [-0.2, 0) is 6.54 Å². The Bertz CT molecular complexity index is 394. The van der Waals surface area contributed by atoms with E-state index in [0.717, 1.165) is 18.0 Å². The molecule has 5 nitrogen and oxygen atoms in total. The highest BCUT2D eigenvalue weighted by molar-refractivity contribution is 7.15. The fourth-order valence-electron chi connectivity index (χ4n) is 2.26. The van der Waals surface area contributed by atoms with Gasteiger partial charge in [-0.3, -0.25) is 10.1 Å². The van der Waals surface area contributed by atoms with E-state index in [1.165, 1.54) is 37.4 Å². The molecule has 2 heterocycles. The monoisotopic (exact) mass is 257 g/mol. The van der Waals surface area contributed by atoms with Gasteiger partial charge in [-0.15, -0.1) is 0 Å². The molecule has 1 fully saturated rings. The molecule has 1 saturated heterocycles. The molecule has 2 N–H and O–H groups in total. The van der Waals surface area contributed by atoms with Gasteiger partial charge < -0.3 is 9.80 Å². The zero-order chi connectivity index (χ0) is 12.3. The third kappa shape index (κ3) is 3.49. The molecular weight excluding hydrogens is 238 g/mol. The van der Waals surface area contributed by atoms with Gasteiger partial charge in [0.1, 0.15) is 19.6 Å². The number of quaternary nitrogens is 2. The zero-order valence-corrected chi connectivity index (χ0v) is 10.9. The molecule has 1 aliphatic rings. The van der Waals surface area contributed by atoms with E-state index >= 15 is 0 Å². The van der Waals surface area contributed by atoms with Crippen molar-refractivity contribution in [3.8, 4) is 0 Å². The van der Waals surface area contributed by atoms with E-state index in [1.54, 1.807) is 15.9 Å². The van der Waals surface area contributed by atoms with E-state index in [2.05, 4.69) is 7.05 Å². The maximum atomic E-state index is 10.6. The lowest BCUT2D eigenvalue weighted by atomic mass is 10.3. The summed E-state index contributed by atoms with van der Waals surface area (Å²) in [4.78, 5) is 14.6. The Labute approximate surface area is 105 Å². The molecule has 0 saturated carbocycles. The van der Waals surface area contributed by atoms with Gasteiger partial charge in [-0.2, -0.15) is 0 Å². The smallest absolute Gasteiger partial charge is 0.324 e. The SMILES string of the molecule is C[NH+]1CCC[NH+](Cc2ccc([N+](=O)[O-])s2)CC1. The zero-order valence-electron chi connectivity index (χ0n) is 10.1. The number of nitrogens with zero attached hydrogens (tertiary/aromatic N) is 1. The van der Waals surface area contributed by atoms with Crippen LogP contribution in [-0.4, -0.2) is 38.2 Å². The molecule has 0 spiro atoms. The van der Waals surface area contributed by atoms with Gasteiger partial charge in [-0.25, -0.2) is 0 Å². The van der Waals surface area contributed by atoms with Gasteiger partial charge in [-0.1, -0.05) is 11.3 Å². The van der Waals surface area contributed by atoms with Crippen molar-refractivity contribution in [1.29, 1.82) is 0 Å². The number of likely N-dealkylation sites (N-methyl/N-ethyl adjacent to an activating group) is 1. The largest absolute Gasteiger partial charge is 0.333 e. The maximum Gasteiger partial charge on any atom is 0.324 e. The predicted octanol–water partition coefficient (Wildman–Crippen LogP) is -1.04. The quantitative estimate of drug-likeness (QED) is 0.537. The number of hydrogen-bond acceptors (Lipinski definition) is 3. The van der Waals surface area contributed by atoms with Crippen LogP contribution in [0, 0.1) is 10.1 Å². The second kappa shape index (κ2) is 5.57. The molecule has 1 aromatic heterocycles. The predicted molar refractivity (Wildman–Crippen MR) is 66.6 cm³/mol. The molecule has 1 aliphatic heterocycles. The average Bonchev–Trinajstić information content (AvgIpc) is 2.65. The molecule has 17 heavy (non-hydrogen) atoms. The van der Waals surface area contributed by atoms with Gasteiger partial charge >= 0.3 is 5.00 Å². The first-order valence-electron chi connectivity index (χ1n) is 6.03. The summed E-state index contributed by atoms with van der Waals surface area (Å²) in [6.07, 6.45) is 1.24. The summed E-state index contributed by atoms with van der Waals surface area (Å²) in [7, 11) is 2.24. The number of nitrogens with one attached hydrogen (secondary N) is 2. The highest BCUT2D eigenvalue weighted by Gasteiger charge is 2.19. The molecule has 2 unspecified atom stereocenters. The normalized spacial score (nSPS) is 25.5. The molecule has 2 rings (SSSR count). The van der Waals surface area contributed by atoms with Crippen molar-refractivity contribution in [2.45, 2.75) is 13.0 Å². The highest BCUT2D eigenvalue weighted by Crippen LogP contribution is 2.22. The van der Waals surface area contributed by atoms with Gasteiger partial charge in [-0.05, 0) is 6.07 Å². The van der Waals surface area contributed by atoms with Crippen LogP contribution in [0.2, 0.25) is 0 Å². The van der Waals surface area contributed by atoms with E-state index < -0.39 is 0 Å². The van der Waals surface area contributed by atoms with Crippen molar-refractivity contribution in [2.24, 2.45) is 0 Å². The van der Waals surface area contributed by atoms with Gasteiger partial charge in [0.05, 0.1) is 29.9 Å². The third-order valence-corrected chi connectivity index (χ3v) is 4.33. The van der Waals surface area contributed by atoms with Crippen LogP contribution in [0.15, 0.2) is 12.1 Å². The number of nitro groups is 1. The molecule has 2 atom stereocenters. The maximum absolute atomic E-state index is 10.6. The molecular formula is C11H19N3O2S+2. The molecule has 94 valence electrons. The second-order valence-electron chi connectivity index (χ2n) is 4.73. The number of rotatable bonds is 3. The van der Waals surface area contributed by atoms with Gasteiger partial charge in [0, 0.05) is 12.5 Å². The lowest BCUT2D eigenvalue weighted by Gasteiger charge is -2.14. The third-order valence-electron chi connectivity index (χ3n) is 3.29. The van der Waals surface area contributed by atoms with Crippen molar-refractivity contribution < 1.29 is 14.7 Å². The van der Waals surface area contributed by atoms with E-state index in [1.807, 2.05) is 6.07 Å². The Kier molecular flexibility index (Phi) is 4.09. The van der Waals surface area contributed by atoms with Crippen LogP contribution >= 0.6 is 11.3 Å². The van der Waals surface area contributed by atoms with Crippen molar-refractivity contribution >= 4 is 16.3 Å². The minimum Gasteiger partial charge on any atom is -0.333 e. The number of hydrogen-bond donors (Lipinski definition) is 2. The summed E-state index contributed by atoms with van der Waals surface area (Å²) < 4.78 is 0. The van der Waals surface area contributed by atoms with E-state index in [4.69, 9.17) is 0 Å². The average molecular weight is 257 g/mol. The second-order valence-corrected chi connectivity index (χ2v) is 5.88. The molecule has 0 aliphatic carbocycles. The van der Waals surface area contributed by atoms with Crippen LogP contribution in [0.5, 0.6) is 0 Å². The fraction of sp³-hybridized carbons (Fsp3) is 0.636. The van der Waals surface area contributed by atoms with Crippen molar-refractivity contribution in [3.05, 3.63) is 27.1 Å². The van der Waals surface area contributed by atoms with Crippen LogP contribution in [0.4, 0.5) is 5.00 Å². The summed E-state index contributed by atoms with van der Waals surface area (Å²) in [5.74, 6) is 0. The highest BCUT2D eigenvalue weighted by atomic mass is 32.1. The fourth-order valence-corrected chi connectivity index (χ4v) is 3.15. The Hall–Kier alpha value is -0.980. The number of thiophene rings is 1. The first-order chi connectivity index (χ1) is 8.15. The summed E-state index contributed by atoms with van der Waals surface area (Å²) in [6.45, 7) is 5.73. The van der Waals surface area contributed by atoms with E-state index in [9.17, 15) is 10.1 Å². The van der Waals surface area contributed by atoms with Gasteiger partial charge in [0.15, 0.2) is 0 Å². The lowest BCUT2D eigenvalue weighted by molar-refractivity contribution is -0.938. The van der Waals surface area contributed by atoms with E-state index in [-0.39, 0.29) is 9.92 Å². The first-order valence-corrected chi connectivity index (χ1v) is 6.85. The minimum atomic E-state index is -0.302. The minimum absolute atomic E-state index is 0.261. The summed E-state index contributed by atoms with van der Waals surface area (Å²) in [6, 6.07) is 3.52. The van der Waals surface area contributed by atoms with Crippen LogP contribution < -0.4 is 9.80 Å². The topological polar surface area (TPSA) is 52.0 Å². The standard InChI is InChI=1S/C11H17N3O2S/c1-12-5-2-6-13(8-7-12)9-10-3-4-11(17-10)14(15)16/h3-4H,2,5-9H2,1H3/p+2. The Morgan fingerprint density at radius 1 is 1.35 bits per heavy atom. The summed E-state index contributed by atoms with van der Waals surface area (Å²) in [5, 5.41) is 10.9. The Morgan fingerprint density at radius 3 is 2.88 bits per heavy atom. The van der Waals surface area contributed by atoms with Gasteiger partial charge in [0.25, 0.3) is 0 Å². The summed E-state index contributed by atoms with van der Waals surface area (Å²) in [5.41, 5.74) is 0. The van der Waals surface area contributed by atoms with Crippen molar-refractivity contribution in [2.75, 3.05) is 33.2 Å². The molecule has 6 heteroatoms. The molecule has 1 aromatic rings. The molecule has 0 bridgehead atoms. The molecule has 0 amide bonds. The van der Waals surface area contributed by atoms with Crippen LogP contribution in [0.25, 0.3) is 0 Å². The van der Waals surface area contributed by atoms with Crippen LogP contribution in [0.3, 0.4) is 0 Å². The Morgan fingerprint density at radius 2 is 2.18 bits per heavy atom. The first kappa shape index (κ1) is 12.5. The molecule has 0 aromatic carbocycles. The summed E-state index contributed by atoms with van der Waals surface area (Å²) >= 11 is 1.32. The Balaban J connectivity index is 1.93. The van der Waals surface area contributed by atoms with Crippen molar-refractivity contribution in [1.82, 2.24) is 0 Å².